The summed E-state index contributed by atoms with van der Waals surface area (Å²) < 4.78 is 36.5. The number of carbonyl (C=O) groups is 2. The fourth-order valence-corrected chi connectivity index (χ4v) is 5.54. The highest BCUT2D eigenvalue weighted by Gasteiger charge is 2.31. The average Bonchev–Trinajstić information content (AvgIpc) is 2.97. The summed E-state index contributed by atoms with van der Waals surface area (Å²) in [5.41, 5.74) is 3.60. The van der Waals surface area contributed by atoms with Gasteiger partial charge in [0.25, 0.3) is 0 Å². The predicted molar refractivity (Wildman–Crippen MR) is 163 cm³/mol. The van der Waals surface area contributed by atoms with Crippen LogP contribution in [0.1, 0.15) is 91.5 Å². The Morgan fingerprint density at radius 1 is 1.07 bits per heavy atom. The van der Waals surface area contributed by atoms with Crippen molar-refractivity contribution in [2.45, 2.75) is 77.5 Å². The number of benzene rings is 3. The molecule has 0 saturated heterocycles. The lowest BCUT2D eigenvalue weighted by Gasteiger charge is -2.34. The van der Waals surface area contributed by atoms with Crippen LogP contribution in [0.25, 0.3) is 0 Å². The van der Waals surface area contributed by atoms with Crippen molar-refractivity contribution in [3.05, 3.63) is 94.3 Å². The van der Waals surface area contributed by atoms with Gasteiger partial charge in [0.15, 0.2) is 11.6 Å². The molecule has 43 heavy (non-hydrogen) atoms. The third kappa shape index (κ3) is 7.66. The number of aryl methyl sites for hydroxylation is 1. The second kappa shape index (κ2) is 13.5. The molecule has 3 aromatic rings. The Labute approximate surface area is 253 Å². The van der Waals surface area contributed by atoms with Gasteiger partial charge < -0.3 is 23.8 Å². The molecular formula is C35H42FNO6. The maximum Gasteiger partial charge on any atom is 0.410 e. The normalized spacial score (nSPS) is 16.8. The van der Waals surface area contributed by atoms with E-state index >= 15 is 0 Å². The van der Waals surface area contributed by atoms with Gasteiger partial charge in [0, 0.05) is 18.0 Å². The summed E-state index contributed by atoms with van der Waals surface area (Å²) in [5.74, 6) is 0.164. The van der Waals surface area contributed by atoms with Gasteiger partial charge in [-0.2, -0.15) is 0 Å². The van der Waals surface area contributed by atoms with Gasteiger partial charge >= 0.3 is 12.1 Å². The van der Waals surface area contributed by atoms with E-state index in [9.17, 15) is 14.0 Å². The Kier molecular flexibility index (Phi) is 9.99. The number of halogens is 1. The van der Waals surface area contributed by atoms with Gasteiger partial charge in [0.05, 0.1) is 31.9 Å². The standard InChI is InChI=1S/C35H42FNO6/c1-22-14-15-25(19-28(22)33(38)41-7)29-21-26(42-31-13-9-8-12-27(29)31)11-10-18-37(34(39)43-35(3,4)5)23(2)24-16-17-30(36)32(20-24)40-6/h8-9,12-17,19-20,23,26,29H,10-11,18,21H2,1-7H3. The van der Waals surface area contributed by atoms with Crippen LogP contribution in [0.3, 0.4) is 0 Å². The number of hydrogen-bond donors (Lipinski definition) is 0. The molecule has 0 spiro atoms. The highest BCUT2D eigenvalue weighted by molar-refractivity contribution is 5.91. The zero-order valence-electron chi connectivity index (χ0n) is 26.1. The predicted octanol–water partition coefficient (Wildman–Crippen LogP) is 7.99. The van der Waals surface area contributed by atoms with Crippen molar-refractivity contribution in [2.24, 2.45) is 0 Å². The molecule has 1 aliphatic rings. The number of nitrogens with zero attached hydrogens (tertiary/aromatic N) is 1. The number of carbonyl (C=O) groups excluding carboxylic acids is 2. The van der Waals surface area contributed by atoms with Crippen LogP contribution < -0.4 is 9.47 Å². The molecule has 1 aliphatic heterocycles. The average molecular weight is 592 g/mol. The van der Waals surface area contributed by atoms with Crippen LogP contribution in [0.4, 0.5) is 9.18 Å². The number of amides is 1. The maximum atomic E-state index is 14.1. The molecule has 8 heteroatoms. The summed E-state index contributed by atoms with van der Waals surface area (Å²) in [6.45, 7) is 9.71. The Bertz CT molecular complexity index is 1450. The van der Waals surface area contributed by atoms with Crippen molar-refractivity contribution >= 4 is 12.1 Å². The number of fused-ring (bicyclic) bond motifs is 1. The fourth-order valence-electron chi connectivity index (χ4n) is 5.54. The molecular weight excluding hydrogens is 549 g/mol. The summed E-state index contributed by atoms with van der Waals surface area (Å²) in [7, 11) is 2.81. The first kappa shape index (κ1) is 31.9. The molecule has 1 heterocycles. The molecule has 0 aliphatic carbocycles. The van der Waals surface area contributed by atoms with E-state index in [0.717, 1.165) is 34.4 Å². The zero-order chi connectivity index (χ0) is 31.3. The number of methoxy groups -OCH3 is 2. The van der Waals surface area contributed by atoms with Crippen LogP contribution in [0, 0.1) is 12.7 Å². The van der Waals surface area contributed by atoms with E-state index < -0.39 is 17.5 Å². The van der Waals surface area contributed by atoms with Gasteiger partial charge in [-0.15, -0.1) is 0 Å². The lowest BCUT2D eigenvalue weighted by atomic mass is 9.82. The minimum absolute atomic E-state index is 0.0338. The Balaban J connectivity index is 1.54. The third-order valence-electron chi connectivity index (χ3n) is 7.83. The first-order chi connectivity index (χ1) is 20.4. The molecule has 3 aromatic carbocycles. The quantitative estimate of drug-likeness (QED) is 0.235. The largest absolute Gasteiger partial charge is 0.494 e. The smallest absolute Gasteiger partial charge is 0.410 e. The van der Waals surface area contributed by atoms with Crippen molar-refractivity contribution in [1.82, 2.24) is 4.90 Å². The van der Waals surface area contributed by atoms with Crippen molar-refractivity contribution in [3.8, 4) is 11.5 Å². The monoisotopic (exact) mass is 591 g/mol. The van der Waals surface area contributed by atoms with Crippen molar-refractivity contribution in [3.63, 3.8) is 0 Å². The highest BCUT2D eigenvalue weighted by atomic mass is 19.1. The molecule has 0 N–H and O–H groups in total. The number of ether oxygens (including phenoxy) is 4. The Morgan fingerprint density at radius 2 is 1.81 bits per heavy atom. The van der Waals surface area contributed by atoms with E-state index in [1.54, 1.807) is 17.0 Å². The van der Waals surface area contributed by atoms with Crippen molar-refractivity contribution < 1.29 is 32.9 Å². The minimum Gasteiger partial charge on any atom is -0.494 e. The molecule has 7 nitrogen and oxygen atoms in total. The van der Waals surface area contributed by atoms with E-state index in [1.807, 2.05) is 65.0 Å². The summed E-state index contributed by atoms with van der Waals surface area (Å²) in [4.78, 5) is 27.4. The number of esters is 1. The zero-order valence-corrected chi connectivity index (χ0v) is 26.1. The van der Waals surface area contributed by atoms with Crippen LogP contribution in [0.15, 0.2) is 60.7 Å². The SMILES string of the molecule is COC(=O)c1cc(C2CC(CCCN(C(=O)OC(C)(C)C)C(C)c3ccc(F)c(OC)c3)Oc3ccccc32)ccc1C. The van der Waals surface area contributed by atoms with E-state index in [4.69, 9.17) is 18.9 Å². The van der Waals surface area contributed by atoms with Crippen LogP contribution in [-0.4, -0.2) is 49.4 Å². The van der Waals surface area contributed by atoms with Gasteiger partial charge in [-0.1, -0.05) is 36.4 Å². The highest BCUT2D eigenvalue weighted by Crippen LogP contribution is 2.42. The maximum absolute atomic E-state index is 14.1. The molecule has 3 atom stereocenters. The van der Waals surface area contributed by atoms with E-state index in [1.165, 1.54) is 20.3 Å². The van der Waals surface area contributed by atoms with Gasteiger partial charge in [0.1, 0.15) is 11.4 Å². The lowest BCUT2D eigenvalue weighted by Crippen LogP contribution is -2.39. The molecule has 0 radical (unpaired) electrons. The summed E-state index contributed by atoms with van der Waals surface area (Å²) in [5, 5.41) is 0. The van der Waals surface area contributed by atoms with E-state index in [0.29, 0.717) is 24.9 Å². The Hall–Kier alpha value is -4.07. The first-order valence-electron chi connectivity index (χ1n) is 14.7. The number of rotatable bonds is 9. The van der Waals surface area contributed by atoms with Gasteiger partial charge in [-0.25, -0.2) is 14.0 Å². The molecule has 0 saturated carbocycles. The van der Waals surface area contributed by atoms with Crippen molar-refractivity contribution in [2.75, 3.05) is 20.8 Å². The van der Waals surface area contributed by atoms with Crippen LogP contribution in [-0.2, 0) is 9.47 Å². The summed E-state index contributed by atoms with van der Waals surface area (Å²) in [6, 6.07) is 18.2. The first-order valence-corrected chi connectivity index (χ1v) is 14.7. The van der Waals surface area contributed by atoms with Crippen molar-refractivity contribution in [1.29, 1.82) is 0 Å². The lowest BCUT2D eigenvalue weighted by molar-refractivity contribution is 0.0160. The molecule has 0 fully saturated rings. The molecule has 0 bridgehead atoms. The molecule has 1 amide bonds. The van der Waals surface area contributed by atoms with Crippen LogP contribution >= 0.6 is 0 Å². The Morgan fingerprint density at radius 3 is 2.51 bits per heavy atom. The second-order valence-corrected chi connectivity index (χ2v) is 12.0. The van der Waals surface area contributed by atoms with Gasteiger partial charge in [-0.3, -0.25) is 0 Å². The number of hydrogen-bond acceptors (Lipinski definition) is 6. The van der Waals surface area contributed by atoms with Crippen LogP contribution in [0.5, 0.6) is 11.5 Å². The molecule has 3 unspecified atom stereocenters. The fraction of sp³-hybridized carbons (Fsp3) is 0.429. The second-order valence-electron chi connectivity index (χ2n) is 12.0. The minimum atomic E-state index is -0.671. The molecule has 4 rings (SSSR count). The van der Waals surface area contributed by atoms with E-state index in [-0.39, 0.29) is 29.8 Å². The molecule has 0 aromatic heterocycles. The molecule has 230 valence electrons. The summed E-state index contributed by atoms with van der Waals surface area (Å²) in [6.07, 6.45) is 1.52. The van der Waals surface area contributed by atoms with Crippen LogP contribution in [0.2, 0.25) is 0 Å². The van der Waals surface area contributed by atoms with Gasteiger partial charge in [-0.05, 0) is 94.8 Å². The van der Waals surface area contributed by atoms with E-state index in [2.05, 4.69) is 12.1 Å². The topological polar surface area (TPSA) is 74.3 Å². The third-order valence-corrected chi connectivity index (χ3v) is 7.83. The number of para-hydroxylation sites is 1. The van der Waals surface area contributed by atoms with Gasteiger partial charge in [0.2, 0.25) is 0 Å². The summed E-state index contributed by atoms with van der Waals surface area (Å²) >= 11 is 0.